The summed E-state index contributed by atoms with van der Waals surface area (Å²) in [6.07, 6.45) is 7.04. The number of halogens is 1. The summed E-state index contributed by atoms with van der Waals surface area (Å²) in [6.45, 7) is 1.31. The van der Waals surface area contributed by atoms with Gasteiger partial charge < -0.3 is 4.90 Å². The number of aryl methyl sites for hydroxylation is 1. The van der Waals surface area contributed by atoms with E-state index in [2.05, 4.69) is 15.2 Å². The minimum Gasteiger partial charge on any atom is -0.338 e. The number of hydrogen-bond acceptors (Lipinski definition) is 4. The Morgan fingerprint density at radius 1 is 1.17 bits per heavy atom. The highest BCUT2D eigenvalue weighted by atomic mass is 19.1. The van der Waals surface area contributed by atoms with Crippen LogP contribution in [0.3, 0.4) is 0 Å². The maximum absolute atomic E-state index is 13.6. The first-order valence-corrected chi connectivity index (χ1v) is 9.97. The number of piperidine rings is 1. The molecule has 3 aromatic heterocycles. The second-order valence-electron chi connectivity index (χ2n) is 7.69. The highest BCUT2D eigenvalue weighted by Gasteiger charge is 2.28. The lowest BCUT2D eigenvalue weighted by Crippen LogP contribution is -2.39. The molecule has 4 heterocycles. The Morgan fingerprint density at radius 3 is 2.87 bits per heavy atom. The fourth-order valence-electron chi connectivity index (χ4n) is 4.00. The van der Waals surface area contributed by atoms with Crippen molar-refractivity contribution in [3.63, 3.8) is 0 Å². The molecule has 0 bridgehead atoms. The molecule has 7 nitrogen and oxygen atoms in total. The Bertz CT molecular complexity index is 1230. The fraction of sp³-hybridized carbons (Fsp3) is 0.273. The molecule has 0 unspecified atom stereocenters. The maximum Gasteiger partial charge on any atom is 0.257 e. The molecule has 1 aromatic carbocycles. The molecule has 0 N–H and O–H groups in total. The largest absolute Gasteiger partial charge is 0.338 e. The number of carbonyl (C=O) groups is 1. The molecule has 30 heavy (non-hydrogen) atoms. The van der Waals surface area contributed by atoms with E-state index >= 15 is 0 Å². The Morgan fingerprint density at radius 2 is 2.07 bits per heavy atom. The van der Waals surface area contributed by atoms with E-state index in [0.29, 0.717) is 12.1 Å². The number of rotatable bonds is 3. The lowest BCUT2D eigenvalue weighted by atomic mass is 9.97. The first kappa shape index (κ1) is 18.5. The third-order valence-corrected chi connectivity index (χ3v) is 5.53. The minimum absolute atomic E-state index is 0.00930. The molecular formula is C22H21FN6O. The van der Waals surface area contributed by atoms with Gasteiger partial charge in [0.2, 0.25) is 0 Å². The van der Waals surface area contributed by atoms with E-state index in [-0.39, 0.29) is 17.6 Å². The molecule has 0 radical (unpaired) electrons. The molecule has 1 atom stereocenters. The summed E-state index contributed by atoms with van der Waals surface area (Å²) in [5.74, 6) is 0.532. The summed E-state index contributed by atoms with van der Waals surface area (Å²) >= 11 is 0. The molecule has 5 rings (SSSR count). The summed E-state index contributed by atoms with van der Waals surface area (Å²) in [7, 11) is 1.80. The van der Waals surface area contributed by atoms with Crippen LogP contribution in [0.4, 0.5) is 4.39 Å². The van der Waals surface area contributed by atoms with Crippen LogP contribution < -0.4 is 0 Å². The maximum atomic E-state index is 13.6. The molecule has 1 aliphatic rings. The molecular weight excluding hydrogens is 383 g/mol. The number of fused-ring (bicyclic) bond motifs is 1. The predicted octanol–water partition coefficient (Wildman–Crippen LogP) is 3.29. The Balaban J connectivity index is 1.39. The van der Waals surface area contributed by atoms with Crippen molar-refractivity contribution >= 4 is 11.6 Å². The summed E-state index contributed by atoms with van der Waals surface area (Å²) in [6, 6.07) is 10.3. The van der Waals surface area contributed by atoms with Crippen molar-refractivity contribution in [2.75, 3.05) is 13.1 Å². The number of amides is 1. The van der Waals surface area contributed by atoms with Crippen LogP contribution in [-0.4, -0.2) is 48.3 Å². The van der Waals surface area contributed by atoms with Gasteiger partial charge in [-0.3, -0.25) is 9.48 Å². The smallest absolute Gasteiger partial charge is 0.257 e. The average Bonchev–Trinajstić information content (AvgIpc) is 3.39. The molecule has 0 saturated carbocycles. The van der Waals surface area contributed by atoms with Gasteiger partial charge in [0.05, 0.1) is 11.8 Å². The van der Waals surface area contributed by atoms with Crippen LogP contribution in [0.2, 0.25) is 0 Å². The van der Waals surface area contributed by atoms with Gasteiger partial charge in [-0.2, -0.15) is 10.2 Å². The van der Waals surface area contributed by atoms with E-state index in [0.717, 1.165) is 42.0 Å². The molecule has 1 amide bonds. The van der Waals surface area contributed by atoms with Crippen LogP contribution in [0.1, 0.15) is 34.9 Å². The number of aromatic nitrogens is 5. The van der Waals surface area contributed by atoms with Crippen LogP contribution in [0, 0.1) is 5.82 Å². The van der Waals surface area contributed by atoms with Gasteiger partial charge in [0.25, 0.3) is 5.91 Å². The van der Waals surface area contributed by atoms with E-state index in [9.17, 15) is 9.18 Å². The molecule has 0 spiro atoms. The van der Waals surface area contributed by atoms with Gasteiger partial charge in [0.1, 0.15) is 5.82 Å². The SMILES string of the molecule is Cn1cc(C(=O)N2CCC[C@H](c3nc4ccc(-c5cccc(F)c5)cn4n3)C2)cn1. The lowest BCUT2D eigenvalue weighted by molar-refractivity contribution is 0.0704. The Kier molecular flexibility index (Phi) is 4.54. The molecule has 152 valence electrons. The van der Waals surface area contributed by atoms with Gasteiger partial charge in [-0.1, -0.05) is 12.1 Å². The first-order valence-electron chi connectivity index (χ1n) is 9.97. The number of benzene rings is 1. The number of hydrogen-bond donors (Lipinski definition) is 0. The number of likely N-dealkylation sites (tertiary alicyclic amines) is 1. The predicted molar refractivity (Wildman–Crippen MR) is 109 cm³/mol. The van der Waals surface area contributed by atoms with Crippen molar-refractivity contribution in [2.24, 2.45) is 7.05 Å². The summed E-state index contributed by atoms with van der Waals surface area (Å²) in [4.78, 5) is 19.3. The first-order chi connectivity index (χ1) is 14.6. The van der Waals surface area contributed by atoms with Gasteiger partial charge in [0.15, 0.2) is 11.5 Å². The van der Waals surface area contributed by atoms with Crippen LogP contribution in [-0.2, 0) is 7.05 Å². The van der Waals surface area contributed by atoms with Crippen LogP contribution in [0.5, 0.6) is 0 Å². The van der Waals surface area contributed by atoms with Crippen molar-refractivity contribution < 1.29 is 9.18 Å². The second-order valence-corrected chi connectivity index (χ2v) is 7.69. The van der Waals surface area contributed by atoms with Crippen molar-refractivity contribution in [1.29, 1.82) is 0 Å². The van der Waals surface area contributed by atoms with E-state index in [4.69, 9.17) is 0 Å². The van der Waals surface area contributed by atoms with E-state index < -0.39 is 0 Å². The van der Waals surface area contributed by atoms with Crippen LogP contribution >= 0.6 is 0 Å². The summed E-state index contributed by atoms with van der Waals surface area (Å²) in [5.41, 5.74) is 3.00. The summed E-state index contributed by atoms with van der Waals surface area (Å²) < 4.78 is 16.9. The zero-order valence-electron chi connectivity index (χ0n) is 16.6. The van der Waals surface area contributed by atoms with Gasteiger partial charge in [-0.25, -0.2) is 13.9 Å². The second kappa shape index (κ2) is 7.37. The zero-order valence-corrected chi connectivity index (χ0v) is 16.6. The molecule has 8 heteroatoms. The van der Waals surface area contributed by atoms with Gasteiger partial charge in [0, 0.05) is 44.0 Å². The molecule has 1 aliphatic heterocycles. The minimum atomic E-state index is -0.271. The van der Waals surface area contributed by atoms with E-state index in [1.54, 1.807) is 34.7 Å². The number of nitrogens with zero attached hydrogens (tertiary/aromatic N) is 6. The Labute approximate surface area is 172 Å². The van der Waals surface area contributed by atoms with E-state index in [1.165, 1.54) is 12.1 Å². The highest BCUT2D eigenvalue weighted by Crippen LogP contribution is 2.27. The van der Waals surface area contributed by atoms with Gasteiger partial charge in [-0.15, -0.1) is 0 Å². The molecule has 1 fully saturated rings. The van der Waals surface area contributed by atoms with Crippen molar-refractivity contribution in [3.05, 3.63) is 72.2 Å². The third-order valence-electron chi connectivity index (χ3n) is 5.53. The molecule has 1 saturated heterocycles. The van der Waals surface area contributed by atoms with Crippen LogP contribution in [0.15, 0.2) is 55.0 Å². The van der Waals surface area contributed by atoms with Gasteiger partial charge >= 0.3 is 0 Å². The Hall–Kier alpha value is -3.55. The average molecular weight is 404 g/mol. The number of pyridine rings is 1. The monoisotopic (exact) mass is 404 g/mol. The normalized spacial score (nSPS) is 16.9. The third kappa shape index (κ3) is 3.45. The van der Waals surface area contributed by atoms with Crippen LogP contribution in [0.25, 0.3) is 16.8 Å². The summed E-state index contributed by atoms with van der Waals surface area (Å²) in [5, 5.41) is 8.77. The molecule has 4 aromatic rings. The number of carbonyl (C=O) groups excluding carboxylic acids is 1. The van der Waals surface area contributed by atoms with E-state index in [1.807, 2.05) is 29.3 Å². The quantitative estimate of drug-likeness (QED) is 0.526. The standard InChI is InChI=1S/C22H21FN6O/c1-27-12-18(11-24-27)22(30)28-9-3-5-17(13-28)21-25-20-8-7-16(14-29(20)26-21)15-4-2-6-19(23)10-15/h2,4,6-8,10-12,14,17H,3,5,9,13H2,1H3/t17-/m0/s1. The van der Waals surface area contributed by atoms with Crippen molar-refractivity contribution in [1.82, 2.24) is 29.3 Å². The zero-order chi connectivity index (χ0) is 20.7. The molecule has 0 aliphatic carbocycles. The lowest BCUT2D eigenvalue weighted by Gasteiger charge is -2.31. The topological polar surface area (TPSA) is 68.3 Å². The highest BCUT2D eigenvalue weighted by molar-refractivity contribution is 5.93. The van der Waals surface area contributed by atoms with Crippen molar-refractivity contribution in [2.45, 2.75) is 18.8 Å². The fourth-order valence-corrected chi connectivity index (χ4v) is 4.00. The van der Waals surface area contributed by atoms with Crippen molar-refractivity contribution in [3.8, 4) is 11.1 Å². The van der Waals surface area contributed by atoms with Gasteiger partial charge in [-0.05, 0) is 42.7 Å².